The van der Waals surface area contributed by atoms with Crippen LogP contribution in [-0.4, -0.2) is 66.2 Å². The lowest BCUT2D eigenvalue weighted by Gasteiger charge is -2.35. The zero-order valence-electron chi connectivity index (χ0n) is 17.3. The molecule has 10 heteroatoms. The molecule has 3 fully saturated rings. The van der Waals surface area contributed by atoms with Gasteiger partial charge in [0.05, 0.1) is 11.5 Å². The molecule has 0 spiro atoms. The van der Waals surface area contributed by atoms with Gasteiger partial charge in [-0.05, 0) is 43.9 Å². The van der Waals surface area contributed by atoms with E-state index in [1.807, 2.05) is 0 Å². The van der Waals surface area contributed by atoms with Crippen LogP contribution < -0.4 is 5.32 Å². The molecular weight excluding hydrogens is 425 g/mol. The summed E-state index contributed by atoms with van der Waals surface area (Å²) in [5.74, 6) is -1.51. The number of sulfone groups is 1. The second-order valence-electron chi connectivity index (χ2n) is 8.75. The topological polar surface area (TPSA) is 104 Å². The van der Waals surface area contributed by atoms with Gasteiger partial charge in [0.2, 0.25) is 5.91 Å². The Morgan fingerprint density at radius 3 is 2.39 bits per heavy atom. The second kappa shape index (κ2) is 7.89. The van der Waals surface area contributed by atoms with Gasteiger partial charge in [-0.1, -0.05) is 25.0 Å². The largest absolute Gasteiger partial charge is 0.334 e. The average Bonchev–Trinajstić information content (AvgIpc) is 3.40. The van der Waals surface area contributed by atoms with Crippen molar-refractivity contribution < 1.29 is 27.2 Å². The quantitative estimate of drug-likeness (QED) is 0.684. The molecule has 2 heterocycles. The molecule has 4 rings (SSSR count). The SMILES string of the molecule is CC1(c2ccc(F)cc2)NC(=O)N(CC(=O)N(C2CCCC2)C2CCS(=O)(=O)C2)C1=O. The highest BCUT2D eigenvalue weighted by Crippen LogP contribution is 2.32. The van der Waals surface area contributed by atoms with E-state index in [0.29, 0.717) is 12.0 Å². The van der Waals surface area contributed by atoms with E-state index in [9.17, 15) is 27.2 Å². The fraction of sp³-hybridized carbons (Fsp3) is 0.571. The Bertz CT molecular complexity index is 1010. The molecule has 0 bridgehead atoms. The molecule has 1 aliphatic carbocycles. The number of nitrogens with one attached hydrogen (secondary N) is 1. The predicted octanol–water partition coefficient (Wildman–Crippen LogP) is 1.55. The van der Waals surface area contributed by atoms with Crippen molar-refractivity contribution in [3.63, 3.8) is 0 Å². The number of nitrogens with zero attached hydrogens (tertiary/aromatic N) is 2. The summed E-state index contributed by atoms with van der Waals surface area (Å²) in [6, 6.07) is 4.06. The summed E-state index contributed by atoms with van der Waals surface area (Å²) in [6.45, 7) is 1.07. The van der Waals surface area contributed by atoms with Gasteiger partial charge in [0.15, 0.2) is 9.84 Å². The minimum Gasteiger partial charge on any atom is -0.334 e. The van der Waals surface area contributed by atoms with E-state index in [0.717, 1.165) is 30.6 Å². The maximum atomic E-state index is 13.3. The molecule has 2 saturated heterocycles. The number of halogens is 1. The lowest BCUT2D eigenvalue weighted by molar-refractivity contribution is -0.141. The van der Waals surface area contributed by atoms with Crippen molar-refractivity contribution in [3.05, 3.63) is 35.6 Å². The number of urea groups is 1. The summed E-state index contributed by atoms with van der Waals surface area (Å²) in [4.78, 5) is 41.5. The third kappa shape index (κ3) is 4.05. The van der Waals surface area contributed by atoms with Gasteiger partial charge in [-0.25, -0.2) is 17.6 Å². The first-order chi connectivity index (χ1) is 14.6. The molecule has 0 aromatic heterocycles. The van der Waals surface area contributed by atoms with Crippen molar-refractivity contribution in [1.82, 2.24) is 15.1 Å². The number of benzene rings is 1. The lowest BCUT2D eigenvalue weighted by atomic mass is 9.92. The van der Waals surface area contributed by atoms with Gasteiger partial charge >= 0.3 is 6.03 Å². The van der Waals surface area contributed by atoms with Crippen LogP contribution in [0.15, 0.2) is 24.3 Å². The molecule has 1 N–H and O–H groups in total. The Kier molecular flexibility index (Phi) is 5.53. The summed E-state index contributed by atoms with van der Waals surface area (Å²) in [7, 11) is -3.19. The third-order valence-corrected chi connectivity index (χ3v) is 8.35. The van der Waals surface area contributed by atoms with Crippen LogP contribution >= 0.6 is 0 Å². The minimum atomic E-state index is -3.19. The molecule has 1 aromatic carbocycles. The van der Waals surface area contributed by atoms with Crippen LogP contribution in [0.1, 0.15) is 44.6 Å². The van der Waals surface area contributed by atoms with Gasteiger partial charge in [0.1, 0.15) is 17.9 Å². The van der Waals surface area contributed by atoms with Gasteiger partial charge < -0.3 is 10.2 Å². The van der Waals surface area contributed by atoms with Crippen LogP contribution in [-0.2, 0) is 25.0 Å². The molecule has 2 unspecified atom stereocenters. The van der Waals surface area contributed by atoms with Crippen molar-refractivity contribution in [2.75, 3.05) is 18.1 Å². The number of carbonyl (C=O) groups excluding carboxylic acids is 3. The van der Waals surface area contributed by atoms with Gasteiger partial charge in [0, 0.05) is 12.1 Å². The maximum Gasteiger partial charge on any atom is 0.325 e. The van der Waals surface area contributed by atoms with E-state index in [1.54, 1.807) is 4.90 Å². The number of imide groups is 1. The Labute approximate surface area is 180 Å². The molecule has 8 nitrogen and oxygen atoms in total. The van der Waals surface area contributed by atoms with Crippen LogP contribution in [0.3, 0.4) is 0 Å². The van der Waals surface area contributed by atoms with E-state index < -0.39 is 51.6 Å². The maximum absolute atomic E-state index is 13.3. The molecule has 31 heavy (non-hydrogen) atoms. The highest BCUT2D eigenvalue weighted by atomic mass is 32.2. The number of rotatable bonds is 5. The predicted molar refractivity (Wildman–Crippen MR) is 110 cm³/mol. The normalized spacial score (nSPS) is 28.2. The highest BCUT2D eigenvalue weighted by molar-refractivity contribution is 7.91. The lowest BCUT2D eigenvalue weighted by Crippen LogP contribution is -2.51. The molecule has 3 aliphatic rings. The fourth-order valence-corrected chi connectivity index (χ4v) is 6.63. The smallest absolute Gasteiger partial charge is 0.325 e. The molecule has 2 aliphatic heterocycles. The summed E-state index contributed by atoms with van der Waals surface area (Å²) < 4.78 is 37.3. The average molecular weight is 452 g/mol. The van der Waals surface area contributed by atoms with Gasteiger partial charge in [0.25, 0.3) is 5.91 Å². The number of hydrogen-bond acceptors (Lipinski definition) is 5. The number of carbonyl (C=O) groups is 3. The van der Waals surface area contributed by atoms with Crippen LogP contribution in [0, 0.1) is 5.82 Å². The first kappa shape index (κ1) is 21.7. The monoisotopic (exact) mass is 451 g/mol. The molecular formula is C21H26FN3O5S. The van der Waals surface area contributed by atoms with E-state index in [2.05, 4.69) is 5.32 Å². The zero-order chi connectivity index (χ0) is 22.4. The molecule has 4 amide bonds. The van der Waals surface area contributed by atoms with Crippen LogP contribution in [0.2, 0.25) is 0 Å². The van der Waals surface area contributed by atoms with Gasteiger partial charge in [-0.3, -0.25) is 14.5 Å². The van der Waals surface area contributed by atoms with E-state index >= 15 is 0 Å². The van der Waals surface area contributed by atoms with E-state index in [-0.39, 0.29) is 17.5 Å². The summed E-state index contributed by atoms with van der Waals surface area (Å²) in [5, 5.41) is 2.61. The van der Waals surface area contributed by atoms with Crippen molar-refractivity contribution in [2.45, 2.75) is 56.7 Å². The molecule has 2 atom stereocenters. The zero-order valence-corrected chi connectivity index (χ0v) is 18.2. The summed E-state index contributed by atoms with van der Waals surface area (Å²) in [5.41, 5.74) is -0.989. The Morgan fingerprint density at radius 2 is 1.81 bits per heavy atom. The van der Waals surface area contributed by atoms with Crippen LogP contribution in [0.25, 0.3) is 0 Å². The van der Waals surface area contributed by atoms with Crippen molar-refractivity contribution in [1.29, 1.82) is 0 Å². The Balaban J connectivity index is 1.55. The van der Waals surface area contributed by atoms with Gasteiger partial charge in [-0.2, -0.15) is 0 Å². The second-order valence-corrected chi connectivity index (χ2v) is 11.0. The third-order valence-electron chi connectivity index (χ3n) is 6.60. The number of hydrogen-bond donors (Lipinski definition) is 1. The standard InChI is InChI=1S/C21H26FN3O5S/c1-21(14-6-8-15(22)9-7-14)19(27)24(20(28)23-21)12-18(26)25(16-4-2-3-5-16)17-10-11-31(29,30)13-17/h6-9,16-17H,2-5,10-13H2,1H3,(H,23,28). The first-order valence-corrected chi connectivity index (χ1v) is 12.3. The molecule has 0 radical (unpaired) electrons. The van der Waals surface area contributed by atoms with Crippen molar-refractivity contribution in [3.8, 4) is 0 Å². The molecule has 1 saturated carbocycles. The summed E-state index contributed by atoms with van der Waals surface area (Å²) >= 11 is 0. The van der Waals surface area contributed by atoms with Crippen LogP contribution in [0.5, 0.6) is 0 Å². The summed E-state index contributed by atoms with van der Waals surface area (Å²) in [6.07, 6.45) is 3.86. The first-order valence-electron chi connectivity index (χ1n) is 10.5. The minimum absolute atomic E-state index is 0.0416. The van der Waals surface area contributed by atoms with Gasteiger partial charge in [-0.15, -0.1) is 0 Å². The molecule has 168 valence electrons. The van der Waals surface area contributed by atoms with Crippen molar-refractivity contribution in [2.24, 2.45) is 0 Å². The van der Waals surface area contributed by atoms with Crippen molar-refractivity contribution >= 4 is 27.7 Å². The number of amides is 4. The highest BCUT2D eigenvalue weighted by Gasteiger charge is 2.50. The Hall–Kier alpha value is -2.49. The fourth-order valence-electron chi connectivity index (χ4n) is 4.92. The van der Waals surface area contributed by atoms with E-state index in [4.69, 9.17) is 0 Å². The van der Waals surface area contributed by atoms with E-state index in [1.165, 1.54) is 31.2 Å². The molecule has 1 aromatic rings. The Morgan fingerprint density at radius 1 is 1.16 bits per heavy atom. The van der Waals surface area contributed by atoms with Crippen LogP contribution in [0.4, 0.5) is 9.18 Å².